The lowest BCUT2D eigenvalue weighted by atomic mass is 9.94. The van der Waals surface area contributed by atoms with Crippen molar-refractivity contribution < 1.29 is 4.52 Å². The van der Waals surface area contributed by atoms with Crippen molar-refractivity contribution in [2.45, 2.75) is 12.5 Å². The number of aromatic nitrogens is 2. The number of nitrogens with two attached hydrogens (primary N) is 1. The molecule has 2 N–H and O–H groups in total. The first-order valence-electron chi connectivity index (χ1n) is 8.02. The quantitative estimate of drug-likeness (QED) is 0.476. The highest BCUT2D eigenvalue weighted by Crippen LogP contribution is 2.35. The minimum atomic E-state index is -0.176. The highest BCUT2D eigenvalue weighted by molar-refractivity contribution is 9.10. The van der Waals surface area contributed by atoms with Crippen LogP contribution in [0.2, 0.25) is 0 Å². The Bertz CT molecular complexity index is 1020. The molecule has 4 aromatic rings. The van der Waals surface area contributed by atoms with Crippen LogP contribution >= 0.6 is 28.3 Å². The zero-order valence-corrected chi connectivity index (χ0v) is 16.2. The predicted octanol–water partition coefficient (Wildman–Crippen LogP) is 5.32. The van der Waals surface area contributed by atoms with Gasteiger partial charge in [-0.1, -0.05) is 41.6 Å². The number of nitrogens with zero attached hydrogens (tertiary/aromatic N) is 2. The number of rotatable bonds is 4. The fraction of sp³-hybridized carbons (Fsp3) is 0.100. The van der Waals surface area contributed by atoms with Crippen LogP contribution in [0.25, 0.3) is 22.2 Å². The number of pyridine rings is 1. The van der Waals surface area contributed by atoms with Gasteiger partial charge in [0, 0.05) is 29.9 Å². The van der Waals surface area contributed by atoms with Crippen LogP contribution < -0.4 is 5.73 Å². The number of para-hydroxylation sites is 1. The summed E-state index contributed by atoms with van der Waals surface area (Å²) in [5.41, 5.74) is 11.0. The summed E-state index contributed by atoms with van der Waals surface area (Å²) in [4.78, 5) is 4.38. The number of halogens is 2. The second-order valence-electron chi connectivity index (χ2n) is 5.87. The second-order valence-corrected chi connectivity index (χ2v) is 6.72. The Morgan fingerprint density at radius 3 is 2.62 bits per heavy atom. The van der Waals surface area contributed by atoms with Gasteiger partial charge in [0.1, 0.15) is 5.69 Å². The van der Waals surface area contributed by atoms with Crippen molar-refractivity contribution in [3.63, 3.8) is 0 Å². The van der Waals surface area contributed by atoms with Crippen molar-refractivity contribution in [3.05, 3.63) is 82.6 Å². The third kappa shape index (κ3) is 3.51. The number of hydrogen-bond donors (Lipinski definition) is 1. The molecule has 0 saturated carbocycles. The first-order valence-corrected chi connectivity index (χ1v) is 8.82. The maximum atomic E-state index is 6.50. The summed E-state index contributed by atoms with van der Waals surface area (Å²) in [5, 5.41) is 5.26. The molecule has 0 aliphatic carbocycles. The minimum absolute atomic E-state index is 0. The van der Waals surface area contributed by atoms with Crippen molar-refractivity contribution in [2.24, 2.45) is 5.73 Å². The summed E-state index contributed by atoms with van der Waals surface area (Å²) in [6.07, 6.45) is 2.45. The van der Waals surface area contributed by atoms with Crippen LogP contribution in [-0.4, -0.2) is 10.1 Å². The van der Waals surface area contributed by atoms with Crippen LogP contribution in [0.5, 0.6) is 0 Å². The molecule has 0 unspecified atom stereocenters. The molecule has 0 aliphatic heterocycles. The van der Waals surface area contributed by atoms with Crippen molar-refractivity contribution in [1.82, 2.24) is 10.1 Å². The molecule has 2 aromatic heterocycles. The molecule has 2 heterocycles. The van der Waals surface area contributed by atoms with Crippen LogP contribution in [0, 0.1) is 0 Å². The zero-order chi connectivity index (χ0) is 17.2. The largest absolute Gasteiger partial charge is 0.354 e. The van der Waals surface area contributed by atoms with E-state index in [1.54, 1.807) is 6.20 Å². The van der Waals surface area contributed by atoms with Gasteiger partial charge in [-0.05, 0) is 45.8 Å². The van der Waals surface area contributed by atoms with E-state index in [0.29, 0.717) is 6.42 Å². The summed E-state index contributed by atoms with van der Waals surface area (Å²) in [6.45, 7) is 0. The van der Waals surface area contributed by atoms with Gasteiger partial charge in [0.05, 0.1) is 9.86 Å². The first kappa shape index (κ1) is 18.6. The molecule has 4 nitrogen and oxygen atoms in total. The number of benzene rings is 2. The lowest BCUT2D eigenvalue weighted by molar-refractivity contribution is 0.458. The molecular formula is C20H17BrClN3O. The van der Waals surface area contributed by atoms with E-state index in [4.69, 9.17) is 10.3 Å². The van der Waals surface area contributed by atoms with Gasteiger partial charge in [0.25, 0.3) is 0 Å². The molecule has 0 bridgehead atoms. The van der Waals surface area contributed by atoms with E-state index in [1.807, 2.05) is 60.7 Å². The third-order valence-electron chi connectivity index (χ3n) is 4.22. The van der Waals surface area contributed by atoms with E-state index < -0.39 is 0 Å². The summed E-state index contributed by atoms with van der Waals surface area (Å²) in [6, 6.07) is 19.7. The topological polar surface area (TPSA) is 64.9 Å². The third-order valence-corrected chi connectivity index (χ3v) is 4.85. The van der Waals surface area contributed by atoms with Crippen molar-refractivity contribution in [3.8, 4) is 11.3 Å². The lowest BCUT2D eigenvalue weighted by Gasteiger charge is -2.15. The minimum Gasteiger partial charge on any atom is -0.354 e. The van der Waals surface area contributed by atoms with Crippen LogP contribution in [0.1, 0.15) is 17.3 Å². The molecule has 4 rings (SSSR count). The van der Waals surface area contributed by atoms with Gasteiger partial charge in [-0.2, -0.15) is 0 Å². The van der Waals surface area contributed by atoms with Gasteiger partial charge >= 0.3 is 0 Å². The predicted molar refractivity (Wildman–Crippen MR) is 109 cm³/mol. The van der Waals surface area contributed by atoms with Crippen molar-refractivity contribution in [2.75, 3.05) is 0 Å². The number of fused-ring (bicyclic) bond motifs is 1. The summed E-state index contributed by atoms with van der Waals surface area (Å²) in [7, 11) is 0. The number of hydrogen-bond acceptors (Lipinski definition) is 4. The molecule has 0 spiro atoms. The standard InChI is InChI=1S/C20H16BrN3O.ClH/c21-17-10-5-9-16-19(24-25-20(16)17)15-8-2-1-7-14(15)18(22)12-13-6-3-4-11-23-13;/h1-11,18H,12,22H2;1H/t18-;/m0./s1. The van der Waals surface area contributed by atoms with Gasteiger partial charge < -0.3 is 10.3 Å². The van der Waals surface area contributed by atoms with E-state index in [0.717, 1.165) is 38.0 Å². The molecule has 2 aromatic carbocycles. The SMILES string of the molecule is Cl.N[C@@H](Cc1ccccn1)c1ccccc1-c1noc2c(Br)cccc12. The van der Waals surface area contributed by atoms with E-state index in [-0.39, 0.29) is 18.4 Å². The summed E-state index contributed by atoms with van der Waals surface area (Å²) >= 11 is 3.51. The highest BCUT2D eigenvalue weighted by atomic mass is 79.9. The van der Waals surface area contributed by atoms with Crippen LogP contribution in [0.3, 0.4) is 0 Å². The fourth-order valence-electron chi connectivity index (χ4n) is 3.01. The van der Waals surface area contributed by atoms with Gasteiger partial charge in [-0.3, -0.25) is 4.98 Å². The van der Waals surface area contributed by atoms with E-state index in [9.17, 15) is 0 Å². The smallest absolute Gasteiger partial charge is 0.181 e. The maximum absolute atomic E-state index is 6.50. The molecule has 0 fully saturated rings. The van der Waals surface area contributed by atoms with Crippen molar-refractivity contribution in [1.29, 1.82) is 0 Å². The monoisotopic (exact) mass is 429 g/mol. The Morgan fingerprint density at radius 2 is 1.81 bits per heavy atom. The Balaban J connectivity index is 0.00000196. The van der Waals surface area contributed by atoms with Gasteiger partial charge in [0.2, 0.25) is 0 Å². The molecule has 1 atom stereocenters. The summed E-state index contributed by atoms with van der Waals surface area (Å²) < 4.78 is 6.43. The normalized spacial score (nSPS) is 11.9. The molecule has 6 heteroatoms. The van der Waals surface area contributed by atoms with Crippen LogP contribution in [0.4, 0.5) is 0 Å². The molecule has 0 saturated heterocycles. The highest BCUT2D eigenvalue weighted by Gasteiger charge is 2.18. The van der Waals surface area contributed by atoms with Gasteiger partial charge in [0.15, 0.2) is 5.58 Å². The Labute approximate surface area is 166 Å². The van der Waals surface area contributed by atoms with Crippen molar-refractivity contribution >= 4 is 39.3 Å². The average molecular weight is 431 g/mol. The zero-order valence-electron chi connectivity index (χ0n) is 13.8. The lowest BCUT2D eigenvalue weighted by Crippen LogP contribution is -2.15. The Hall–Kier alpha value is -2.21. The van der Waals surface area contributed by atoms with E-state index >= 15 is 0 Å². The second kappa shape index (κ2) is 7.99. The Kier molecular flexibility index (Phi) is 5.71. The van der Waals surface area contributed by atoms with Crippen LogP contribution in [0.15, 0.2) is 75.9 Å². The molecule has 0 aliphatic rings. The van der Waals surface area contributed by atoms with Gasteiger partial charge in [-0.15, -0.1) is 12.4 Å². The molecule has 0 amide bonds. The molecule has 26 heavy (non-hydrogen) atoms. The van der Waals surface area contributed by atoms with Crippen LogP contribution in [-0.2, 0) is 6.42 Å². The Morgan fingerprint density at radius 1 is 1.00 bits per heavy atom. The molecular weight excluding hydrogens is 414 g/mol. The maximum Gasteiger partial charge on any atom is 0.181 e. The van der Waals surface area contributed by atoms with E-state index in [2.05, 4.69) is 26.1 Å². The van der Waals surface area contributed by atoms with E-state index in [1.165, 1.54) is 0 Å². The summed E-state index contributed by atoms with van der Waals surface area (Å²) in [5.74, 6) is 0. The average Bonchev–Trinajstić information content (AvgIpc) is 3.08. The molecule has 132 valence electrons. The van der Waals surface area contributed by atoms with Gasteiger partial charge in [-0.25, -0.2) is 0 Å². The molecule has 0 radical (unpaired) electrons. The fourth-order valence-corrected chi connectivity index (χ4v) is 3.45. The first-order chi connectivity index (χ1) is 12.2.